The van der Waals surface area contributed by atoms with E-state index in [4.69, 9.17) is 5.73 Å². The number of hydrogen-bond acceptors (Lipinski definition) is 6. The molecule has 0 atom stereocenters. The van der Waals surface area contributed by atoms with Crippen LogP contribution in [0, 0.1) is 0 Å². The summed E-state index contributed by atoms with van der Waals surface area (Å²) < 4.78 is 1.80. The summed E-state index contributed by atoms with van der Waals surface area (Å²) in [4.78, 5) is 11.4. The van der Waals surface area contributed by atoms with Gasteiger partial charge in [-0.05, 0) is 37.6 Å². The van der Waals surface area contributed by atoms with E-state index in [-0.39, 0.29) is 0 Å². The molecule has 0 spiro atoms. The summed E-state index contributed by atoms with van der Waals surface area (Å²) in [5, 5.41) is 7.91. The molecular formula is C19H24BN7. The van der Waals surface area contributed by atoms with Crippen LogP contribution >= 0.6 is 0 Å². The Kier molecular flexibility index (Phi) is 5.06. The van der Waals surface area contributed by atoms with Crippen LogP contribution in [-0.4, -0.2) is 51.7 Å². The number of nitrogens with one attached hydrogen (secondary N) is 1. The topological polar surface area (TPSA) is 84.9 Å². The molecule has 1 fully saturated rings. The van der Waals surface area contributed by atoms with Gasteiger partial charge in [0.15, 0.2) is 7.98 Å². The smallest absolute Gasteiger partial charge is 0.223 e. The Bertz CT molecular complexity index is 888. The van der Waals surface area contributed by atoms with Crippen molar-refractivity contribution in [1.82, 2.24) is 24.6 Å². The lowest BCUT2D eigenvalue weighted by atomic mass is 10.0. The molecule has 3 N–H and O–H groups in total. The molecule has 1 saturated heterocycles. The SMILES string of the molecule is BN1CCC(Nc2nccc(-c3cnn(Cc4ccccc4)c3N)n2)CC1. The summed E-state index contributed by atoms with van der Waals surface area (Å²) in [6.07, 6.45) is 5.75. The van der Waals surface area contributed by atoms with Crippen LogP contribution in [0.1, 0.15) is 18.4 Å². The van der Waals surface area contributed by atoms with E-state index < -0.39 is 0 Å². The summed E-state index contributed by atoms with van der Waals surface area (Å²) in [6, 6.07) is 12.4. The van der Waals surface area contributed by atoms with Gasteiger partial charge < -0.3 is 15.9 Å². The Labute approximate surface area is 160 Å². The number of anilines is 2. The average Bonchev–Trinajstić information content (AvgIpc) is 3.05. The molecule has 0 saturated carbocycles. The minimum Gasteiger partial charge on any atom is -0.383 e. The Morgan fingerprint density at radius 2 is 1.93 bits per heavy atom. The lowest BCUT2D eigenvalue weighted by Gasteiger charge is -2.29. The second-order valence-electron chi connectivity index (χ2n) is 7.07. The fraction of sp³-hybridized carbons (Fsp3) is 0.316. The maximum absolute atomic E-state index is 6.35. The molecule has 27 heavy (non-hydrogen) atoms. The van der Waals surface area contributed by atoms with Gasteiger partial charge in [0.1, 0.15) is 5.82 Å². The molecule has 3 aromatic rings. The second-order valence-corrected chi connectivity index (χ2v) is 7.07. The van der Waals surface area contributed by atoms with E-state index in [0.29, 0.717) is 24.4 Å². The van der Waals surface area contributed by atoms with Crippen LogP contribution < -0.4 is 11.1 Å². The first-order chi connectivity index (χ1) is 13.2. The van der Waals surface area contributed by atoms with Crippen LogP contribution in [0.3, 0.4) is 0 Å². The third kappa shape index (κ3) is 4.11. The predicted molar refractivity (Wildman–Crippen MR) is 110 cm³/mol. The summed E-state index contributed by atoms with van der Waals surface area (Å²) in [6.45, 7) is 2.82. The van der Waals surface area contributed by atoms with E-state index >= 15 is 0 Å². The third-order valence-electron chi connectivity index (χ3n) is 5.04. The van der Waals surface area contributed by atoms with Gasteiger partial charge in [-0.3, -0.25) is 0 Å². The highest BCUT2D eigenvalue weighted by Gasteiger charge is 2.18. The molecular weight excluding hydrogens is 337 g/mol. The molecule has 8 heteroatoms. The van der Waals surface area contributed by atoms with E-state index in [1.807, 2.05) is 24.3 Å². The highest BCUT2D eigenvalue weighted by molar-refractivity contribution is 6.04. The van der Waals surface area contributed by atoms with Gasteiger partial charge in [0, 0.05) is 12.2 Å². The van der Waals surface area contributed by atoms with Crippen LogP contribution in [0.25, 0.3) is 11.3 Å². The standard InChI is InChI=1S/C19H24BN7/c20-26-10-7-15(8-11-26)24-19-22-9-6-17(25-19)16-12-23-27(18(16)21)13-14-4-2-1-3-5-14/h1-6,9,12,15H,7-8,10-11,13,20-21H2,(H,22,24,25). The van der Waals surface area contributed by atoms with Crippen molar-refractivity contribution < 1.29 is 0 Å². The fourth-order valence-corrected chi connectivity index (χ4v) is 3.39. The zero-order valence-electron chi connectivity index (χ0n) is 15.5. The summed E-state index contributed by atoms with van der Waals surface area (Å²) in [7, 11) is 2.16. The number of nitrogens with two attached hydrogens (primary N) is 1. The van der Waals surface area contributed by atoms with Gasteiger partial charge in [0.25, 0.3) is 0 Å². The monoisotopic (exact) mass is 361 g/mol. The Balaban J connectivity index is 1.50. The number of aromatic nitrogens is 4. The van der Waals surface area contributed by atoms with E-state index in [9.17, 15) is 0 Å². The van der Waals surface area contributed by atoms with Gasteiger partial charge in [-0.2, -0.15) is 5.10 Å². The molecule has 7 nitrogen and oxygen atoms in total. The summed E-state index contributed by atoms with van der Waals surface area (Å²) >= 11 is 0. The van der Waals surface area contributed by atoms with E-state index in [1.54, 1.807) is 17.1 Å². The van der Waals surface area contributed by atoms with Gasteiger partial charge >= 0.3 is 0 Å². The van der Waals surface area contributed by atoms with Crippen LogP contribution in [-0.2, 0) is 6.54 Å². The largest absolute Gasteiger partial charge is 0.383 e. The maximum atomic E-state index is 6.35. The van der Waals surface area contributed by atoms with Crippen LogP contribution in [0.2, 0.25) is 0 Å². The van der Waals surface area contributed by atoms with Crippen molar-refractivity contribution in [2.45, 2.75) is 25.4 Å². The maximum Gasteiger partial charge on any atom is 0.223 e. The van der Waals surface area contributed by atoms with Crippen molar-refractivity contribution >= 4 is 19.7 Å². The Hall–Kier alpha value is -2.87. The fourth-order valence-electron chi connectivity index (χ4n) is 3.39. The summed E-state index contributed by atoms with van der Waals surface area (Å²) in [5.41, 5.74) is 9.13. The first-order valence-corrected chi connectivity index (χ1v) is 9.33. The van der Waals surface area contributed by atoms with Gasteiger partial charge in [0.2, 0.25) is 5.95 Å². The number of hydrogen-bond donors (Lipinski definition) is 2. The Morgan fingerprint density at radius 3 is 2.70 bits per heavy atom. The number of nitrogen functional groups attached to an aromatic ring is 1. The number of piperidine rings is 1. The Morgan fingerprint density at radius 1 is 1.15 bits per heavy atom. The van der Waals surface area contributed by atoms with Gasteiger partial charge in [-0.25, -0.2) is 14.6 Å². The lowest BCUT2D eigenvalue weighted by Crippen LogP contribution is -2.37. The summed E-state index contributed by atoms with van der Waals surface area (Å²) in [5.74, 6) is 1.26. The zero-order chi connectivity index (χ0) is 18.6. The van der Waals surface area contributed by atoms with Gasteiger partial charge in [0.05, 0.1) is 24.0 Å². The molecule has 1 aliphatic heterocycles. The lowest BCUT2D eigenvalue weighted by molar-refractivity contribution is 0.346. The van der Waals surface area contributed by atoms with Crippen molar-refractivity contribution in [1.29, 1.82) is 0 Å². The zero-order valence-corrected chi connectivity index (χ0v) is 15.5. The van der Waals surface area contributed by atoms with E-state index in [2.05, 4.69) is 45.3 Å². The molecule has 3 heterocycles. The van der Waals surface area contributed by atoms with Crippen molar-refractivity contribution in [2.75, 3.05) is 24.1 Å². The first kappa shape index (κ1) is 17.5. The van der Waals surface area contributed by atoms with Crippen LogP contribution in [0.15, 0.2) is 48.8 Å². The van der Waals surface area contributed by atoms with Gasteiger partial charge in [-0.1, -0.05) is 30.3 Å². The second kappa shape index (κ2) is 7.79. The minimum atomic E-state index is 0.412. The molecule has 0 radical (unpaired) electrons. The van der Waals surface area contributed by atoms with Crippen molar-refractivity contribution in [3.05, 3.63) is 54.4 Å². The molecule has 0 amide bonds. The first-order valence-electron chi connectivity index (χ1n) is 9.33. The van der Waals surface area contributed by atoms with Crippen molar-refractivity contribution in [3.8, 4) is 11.3 Å². The average molecular weight is 361 g/mol. The number of nitrogens with zero attached hydrogens (tertiary/aromatic N) is 5. The highest BCUT2D eigenvalue weighted by Crippen LogP contribution is 2.25. The van der Waals surface area contributed by atoms with E-state index in [0.717, 1.165) is 42.8 Å². The van der Waals surface area contributed by atoms with Crippen LogP contribution in [0.5, 0.6) is 0 Å². The molecule has 138 valence electrons. The molecule has 4 rings (SSSR count). The number of benzene rings is 1. The normalized spacial score (nSPS) is 15.7. The van der Waals surface area contributed by atoms with Crippen molar-refractivity contribution in [3.63, 3.8) is 0 Å². The van der Waals surface area contributed by atoms with E-state index in [1.165, 1.54) is 0 Å². The molecule has 0 bridgehead atoms. The molecule has 1 aromatic carbocycles. The van der Waals surface area contributed by atoms with Crippen molar-refractivity contribution in [2.24, 2.45) is 0 Å². The van der Waals surface area contributed by atoms with Gasteiger partial charge in [-0.15, -0.1) is 0 Å². The molecule has 2 aromatic heterocycles. The molecule has 0 aliphatic carbocycles. The highest BCUT2D eigenvalue weighted by atomic mass is 15.3. The third-order valence-corrected chi connectivity index (χ3v) is 5.04. The molecule has 0 unspecified atom stereocenters. The molecule has 1 aliphatic rings. The quantitative estimate of drug-likeness (QED) is 0.669. The predicted octanol–water partition coefficient (Wildman–Crippen LogP) is 1.39. The van der Waals surface area contributed by atoms with Crippen LogP contribution in [0.4, 0.5) is 11.8 Å². The number of rotatable bonds is 5. The minimum absolute atomic E-state index is 0.412.